The lowest BCUT2D eigenvalue weighted by Crippen LogP contribution is -2.66. The summed E-state index contributed by atoms with van der Waals surface area (Å²) in [5.41, 5.74) is 0. The van der Waals surface area contributed by atoms with Crippen LogP contribution in [0, 0.1) is 0 Å². The van der Waals surface area contributed by atoms with Crippen molar-refractivity contribution >= 4 is 84.3 Å². The minimum Gasteiger partial charge on any atom is -0.350 e. The predicted molar refractivity (Wildman–Crippen MR) is 170 cm³/mol. The summed E-state index contributed by atoms with van der Waals surface area (Å²) in [5, 5.41) is 72.6. The van der Waals surface area contributed by atoms with Crippen molar-refractivity contribution in [2.45, 2.75) is 74.3 Å². The molecule has 2 rings (SSSR count). The third kappa shape index (κ3) is 20.4. The van der Waals surface area contributed by atoms with Crippen molar-refractivity contribution in [1.29, 1.82) is 0 Å². The first-order chi connectivity index (χ1) is 27.2. The minimum atomic E-state index is -5.52. The molecular formula is C17H30O32S7. The summed E-state index contributed by atoms with van der Waals surface area (Å²) in [6, 6.07) is 0. The van der Waals surface area contributed by atoms with Crippen molar-refractivity contribution in [1.82, 2.24) is 0 Å². The topological polar surface area (TPSA) is 388 Å². The van der Waals surface area contributed by atoms with Crippen LogP contribution in [0.25, 0.3) is 0 Å². The monoisotopic (exact) mass is 970 g/mol. The molecule has 39 heteroatoms. The van der Waals surface area contributed by atoms with Gasteiger partial charge >= 0.3 is 10.4 Å². The first kappa shape index (κ1) is 52.7. The molecular weight excluding hydrogens is 941 g/mol. The molecule has 7 N–H and O–H groups in total. The summed E-state index contributed by atoms with van der Waals surface area (Å²) in [6.45, 7) is 2.24. The van der Waals surface area contributed by atoms with E-state index in [1.165, 1.54) is 0 Å². The number of rotatable bonds is 35. The fourth-order valence-corrected chi connectivity index (χ4v) is 6.70. The predicted octanol–water partition coefficient (Wildman–Crippen LogP) is 2.47. The number of hydrogen-bond donors (Lipinski definition) is 7. The average molecular weight is 971 g/mol. The Morgan fingerprint density at radius 3 is 1.48 bits per heavy atom. The zero-order chi connectivity index (χ0) is 41.0. The Hall–Kier alpha value is 0.590. The van der Waals surface area contributed by atoms with Gasteiger partial charge < -0.3 is 18.9 Å². The van der Waals surface area contributed by atoms with E-state index in [-0.39, 0.29) is 80.5 Å². The first-order valence-corrected chi connectivity index (χ1v) is 19.1. The van der Waals surface area contributed by atoms with Gasteiger partial charge in [-0.15, -0.1) is 32.6 Å². The van der Waals surface area contributed by atoms with Crippen molar-refractivity contribution in [2.75, 3.05) is 19.8 Å². The molecule has 2 heterocycles. The van der Waals surface area contributed by atoms with E-state index in [9.17, 15) is 13.0 Å². The van der Waals surface area contributed by atoms with Crippen LogP contribution in [-0.2, 0) is 115 Å². The van der Waals surface area contributed by atoms with Crippen LogP contribution in [-0.4, -0.2) is 126 Å². The SMILES string of the molecule is C=CCCCO[C@@H]1OC(COSOOO)[C@H](O[C@@H]2OC(COSOOO)[C@H](OSOOO)[C@H](OSOOO)C2OS(=O)(=O)O)[C@H](OSOOO)C1OSOOO. The highest BCUT2D eigenvalue weighted by Crippen LogP contribution is 2.39. The molecule has 0 aromatic heterocycles. The summed E-state index contributed by atoms with van der Waals surface area (Å²) in [4.78, 5) is 0. The molecule has 332 valence electrons. The molecule has 0 bridgehead atoms. The highest BCUT2D eigenvalue weighted by Gasteiger charge is 2.57. The van der Waals surface area contributed by atoms with Crippen LogP contribution in [0.2, 0.25) is 0 Å². The van der Waals surface area contributed by atoms with E-state index in [1.54, 1.807) is 6.08 Å². The number of unbranched alkanes of at least 4 members (excludes halogenated alkanes) is 1. The first-order valence-electron chi connectivity index (χ1n) is 13.8. The maximum absolute atomic E-state index is 12.2. The Balaban J connectivity index is 2.69. The summed E-state index contributed by atoms with van der Waals surface area (Å²) in [5.74, 6) is 0. The molecule has 0 aliphatic carbocycles. The Morgan fingerprint density at radius 1 is 0.571 bits per heavy atom. The average Bonchev–Trinajstić information content (AvgIpc) is 3.17. The second-order valence-electron chi connectivity index (χ2n) is 9.05. The van der Waals surface area contributed by atoms with E-state index in [4.69, 9.17) is 79.8 Å². The number of ether oxygens (including phenoxy) is 4. The zero-order valence-corrected chi connectivity index (χ0v) is 32.5. The highest BCUT2D eigenvalue weighted by atomic mass is 32.3. The van der Waals surface area contributed by atoms with E-state index in [0.29, 0.717) is 12.8 Å². The largest absolute Gasteiger partial charge is 0.397 e. The molecule has 0 spiro atoms. The van der Waals surface area contributed by atoms with E-state index >= 15 is 0 Å². The van der Waals surface area contributed by atoms with Crippen LogP contribution in [0.5, 0.6) is 0 Å². The molecule has 2 aliphatic rings. The molecule has 0 radical (unpaired) electrons. The Labute approximate surface area is 338 Å². The molecule has 0 saturated carbocycles. The van der Waals surface area contributed by atoms with E-state index in [1.807, 2.05) is 0 Å². The van der Waals surface area contributed by atoms with Gasteiger partial charge in [-0.1, -0.05) is 36.3 Å². The van der Waals surface area contributed by atoms with Gasteiger partial charge in [0.15, 0.2) is 98.7 Å². The molecule has 2 aliphatic heterocycles. The summed E-state index contributed by atoms with van der Waals surface area (Å²) < 4.78 is 120. The van der Waals surface area contributed by atoms with Crippen LogP contribution < -0.4 is 0 Å². The Morgan fingerprint density at radius 2 is 1.00 bits per heavy atom. The van der Waals surface area contributed by atoms with Crippen LogP contribution in [0.4, 0.5) is 0 Å². The third-order valence-corrected chi connectivity index (χ3v) is 8.88. The molecule has 0 amide bonds. The molecule has 0 aromatic carbocycles. The minimum absolute atomic E-state index is 0.00179. The zero-order valence-electron chi connectivity index (χ0n) is 26.8. The smallest absolute Gasteiger partial charge is 0.350 e. The molecule has 32 nitrogen and oxygen atoms in total. The van der Waals surface area contributed by atoms with Crippen molar-refractivity contribution in [3.05, 3.63) is 12.7 Å². The maximum Gasteiger partial charge on any atom is 0.397 e. The maximum atomic E-state index is 12.2. The molecule has 4 unspecified atom stereocenters. The van der Waals surface area contributed by atoms with Crippen LogP contribution in [0.1, 0.15) is 12.8 Å². The second-order valence-corrected chi connectivity index (χ2v) is 13.0. The lowest BCUT2D eigenvalue weighted by molar-refractivity contribution is -0.437. The Bertz CT molecular complexity index is 1090. The molecule has 2 saturated heterocycles. The lowest BCUT2D eigenvalue weighted by Gasteiger charge is -2.48. The van der Waals surface area contributed by atoms with Crippen molar-refractivity contribution in [3.8, 4) is 0 Å². The number of allylic oxidation sites excluding steroid dienone is 1. The van der Waals surface area contributed by atoms with Gasteiger partial charge in [-0.25, -0.2) is 35.7 Å². The fourth-order valence-electron chi connectivity index (χ4n) is 4.25. The van der Waals surface area contributed by atoms with Crippen molar-refractivity contribution < 1.29 is 149 Å². The molecule has 0 aromatic rings. The summed E-state index contributed by atoms with van der Waals surface area (Å²) >= 11 is -0.238. The second kappa shape index (κ2) is 32.3. The van der Waals surface area contributed by atoms with E-state index < -0.39 is 85.0 Å². The third-order valence-electron chi connectivity index (χ3n) is 6.05. The summed E-state index contributed by atoms with van der Waals surface area (Å²) in [6.07, 6.45) is -15.3. The quantitative estimate of drug-likeness (QED) is 0.0120. The van der Waals surface area contributed by atoms with Gasteiger partial charge in [-0.3, -0.25) is 29.7 Å². The van der Waals surface area contributed by atoms with E-state index in [2.05, 4.69) is 62.8 Å². The van der Waals surface area contributed by atoms with Gasteiger partial charge in [0.1, 0.15) is 36.6 Å². The molecule has 2 fully saturated rings. The van der Waals surface area contributed by atoms with Gasteiger partial charge in [-0.05, 0) is 12.8 Å². The van der Waals surface area contributed by atoms with Gasteiger partial charge in [0.25, 0.3) is 0 Å². The fraction of sp³-hybridized carbons (Fsp3) is 0.882. The number of hydrogen-bond acceptors (Lipinski definition) is 37. The van der Waals surface area contributed by atoms with Crippen LogP contribution in [0.3, 0.4) is 0 Å². The summed E-state index contributed by atoms with van der Waals surface area (Å²) in [7, 11) is -5.52. The van der Waals surface area contributed by atoms with Gasteiger partial charge in [0.2, 0.25) is 0 Å². The van der Waals surface area contributed by atoms with Crippen molar-refractivity contribution in [3.63, 3.8) is 0 Å². The highest BCUT2D eigenvalue weighted by molar-refractivity contribution is 7.90. The Kier molecular flexibility index (Phi) is 30.4. The van der Waals surface area contributed by atoms with Crippen LogP contribution >= 0.6 is 73.9 Å². The van der Waals surface area contributed by atoms with Crippen LogP contribution in [0.15, 0.2) is 12.7 Å². The lowest BCUT2D eigenvalue weighted by atomic mass is 9.97. The van der Waals surface area contributed by atoms with E-state index in [0.717, 1.165) is 0 Å². The van der Waals surface area contributed by atoms with Gasteiger partial charge in [0, 0.05) is 0 Å². The van der Waals surface area contributed by atoms with Gasteiger partial charge in [0.05, 0.1) is 19.8 Å². The normalized spacial score (nSPS) is 28.5. The van der Waals surface area contributed by atoms with Gasteiger partial charge in [-0.2, -0.15) is 8.42 Å². The molecule has 56 heavy (non-hydrogen) atoms. The molecule has 10 atom stereocenters. The van der Waals surface area contributed by atoms with Crippen molar-refractivity contribution in [2.24, 2.45) is 0 Å². The standard InChI is InChI=1S/C17H30O32S7/c1-2-3-4-5-27-16-14(36-55-49-43-23)12(34-53-47-41-21)10(8(30-16)6-28-50-44-38-18)32-17-15(37-56(24,25)26)13(35-54-48-42-22)11(33-52-46-40-20)9(31-17)7-29-51-45-39-19/h2,8-23H,1,3-7H2,(H,24,25,26)/t8?,9?,10-,11-,12-,13-,14?,15?,16+,17-/m0/s1.